The van der Waals surface area contributed by atoms with Crippen molar-refractivity contribution >= 4 is 28.3 Å². The zero-order valence-electron chi connectivity index (χ0n) is 6.20. The molecule has 0 heterocycles. The fraction of sp³-hybridized carbons (Fsp3) is 0.125. The molecular weight excluding hydrogens is 239 g/mol. The van der Waals surface area contributed by atoms with Gasteiger partial charge in [-0.25, -0.2) is 0 Å². The van der Waals surface area contributed by atoms with Gasteiger partial charge in [0.25, 0.3) is 0 Å². The number of hydrogen-bond acceptors (Lipinski definition) is 2. The molecule has 2 N–H and O–H groups in total. The quantitative estimate of drug-likeness (QED) is 0.828. The number of nitrogens with two attached hydrogens (primary N) is 1. The van der Waals surface area contributed by atoms with Gasteiger partial charge in [-0.05, 0) is 17.7 Å². The van der Waals surface area contributed by atoms with Crippen molar-refractivity contribution in [2.75, 3.05) is 0 Å². The highest BCUT2D eigenvalue weighted by atomic mass is 79.9. The van der Waals surface area contributed by atoms with Crippen LogP contribution in [-0.2, 0) is 0 Å². The van der Waals surface area contributed by atoms with E-state index in [1.54, 1.807) is 0 Å². The van der Waals surface area contributed by atoms with Gasteiger partial charge in [0, 0.05) is 4.47 Å². The minimum atomic E-state index is -0.521. The van der Waals surface area contributed by atoms with Crippen LogP contribution in [0.15, 0.2) is 28.7 Å². The third-order valence-corrected chi connectivity index (χ3v) is 1.84. The van der Waals surface area contributed by atoms with Crippen molar-refractivity contribution in [1.82, 2.24) is 0 Å². The molecule has 0 aromatic heterocycles. The first-order valence-electron chi connectivity index (χ1n) is 3.14. The number of nitriles is 1. The second-order valence-corrected chi connectivity index (χ2v) is 3.08. The SMILES string of the molecule is Cl.N#C[C@H](N)c1cccc(Br)c1. The third kappa shape index (κ3) is 2.82. The van der Waals surface area contributed by atoms with Crippen molar-refractivity contribution in [3.05, 3.63) is 34.3 Å². The monoisotopic (exact) mass is 246 g/mol. The van der Waals surface area contributed by atoms with Crippen molar-refractivity contribution in [3.8, 4) is 6.07 Å². The largest absolute Gasteiger partial charge is 0.312 e. The molecule has 0 fully saturated rings. The van der Waals surface area contributed by atoms with E-state index in [9.17, 15) is 0 Å². The van der Waals surface area contributed by atoms with Gasteiger partial charge < -0.3 is 5.73 Å². The van der Waals surface area contributed by atoms with Crippen LogP contribution < -0.4 is 5.73 Å². The van der Waals surface area contributed by atoms with Gasteiger partial charge in [0.2, 0.25) is 0 Å². The lowest BCUT2D eigenvalue weighted by Crippen LogP contribution is -2.06. The fourth-order valence-corrected chi connectivity index (χ4v) is 1.19. The Morgan fingerprint density at radius 2 is 2.17 bits per heavy atom. The topological polar surface area (TPSA) is 49.8 Å². The molecule has 0 radical (unpaired) electrons. The van der Waals surface area contributed by atoms with E-state index in [1.165, 1.54) is 0 Å². The number of halogens is 2. The third-order valence-electron chi connectivity index (χ3n) is 1.35. The Bertz CT molecular complexity index is 295. The smallest absolute Gasteiger partial charge is 0.118 e. The fourth-order valence-electron chi connectivity index (χ4n) is 0.775. The summed E-state index contributed by atoms with van der Waals surface area (Å²) in [6, 6.07) is 8.87. The second kappa shape index (κ2) is 5.15. The van der Waals surface area contributed by atoms with Crippen LogP contribution in [0.25, 0.3) is 0 Å². The first kappa shape index (κ1) is 11.4. The Kier molecular flexibility index (Phi) is 4.91. The second-order valence-electron chi connectivity index (χ2n) is 2.16. The maximum Gasteiger partial charge on any atom is 0.118 e. The van der Waals surface area contributed by atoms with E-state index in [1.807, 2.05) is 30.3 Å². The highest BCUT2D eigenvalue weighted by Crippen LogP contribution is 2.15. The van der Waals surface area contributed by atoms with Gasteiger partial charge >= 0.3 is 0 Å². The van der Waals surface area contributed by atoms with Crippen LogP contribution in [0.5, 0.6) is 0 Å². The van der Waals surface area contributed by atoms with Crippen LogP contribution in [0, 0.1) is 11.3 Å². The van der Waals surface area contributed by atoms with Crippen LogP contribution in [-0.4, -0.2) is 0 Å². The highest BCUT2D eigenvalue weighted by molar-refractivity contribution is 9.10. The maximum atomic E-state index is 8.49. The van der Waals surface area contributed by atoms with E-state index < -0.39 is 6.04 Å². The van der Waals surface area contributed by atoms with Crippen molar-refractivity contribution in [2.45, 2.75) is 6.04 Å². The molecule has 0 saturated heterocycles. The molecule has 0 saturated carbocycles. The predicted molar refractivity (Wildman–Crippen MR) is 53.9 cm³/mol. The molecule has 0 amide bonds. The molecule has 0 aliphatic heterocycles. The first-order chi connectivity index (χ1) is 5.24. The van der Waals surface area contributed by atoms with Crippen LogP contribution >= 0.6 is 28.3 Å². The van der Waals surface area contributed by atoms with Gasteiger partial charge in [-0.2, -0.15) is 5.26 Å². The summed E-state index contributed by atoms with van der Waals surface area (Å²) in [7, 11) is 0. The molecule has 0 unspecified atom stereocenters. The molecule has 0 spiro atoms. The van der Waals surface area contributed by atoms with Crippen LogP contribution in [0.2, 0.25) is 0 Å². The Morgan fingerprint density at radius 1 is 1.50 bits per heavy atom. The lowest BCUT2D eigenvalue weighted by Gasteiger charge is -2.01. The van der Waals surface area contributed by atoms with Gasteiger partial charge in [0.1, 0.15) is 6.04 Å². The normalized spacial score (nSPS) is 11.1. The predicted octanol–water partition coefficient (Wildman–Crippen LogP) is 2.39. The summed E-state index contributed by atoms with van der Waals surface area (Å²) in [5.41, 5.74) is 6.32. The van der Waals surface area contributed by atoms with E-state index in [-0.39, 0.29) is 12.4 Å². The maximum absolute atomic E-state index is 8.49. The van der Waals surface area contributed by atoms with E-state index >= 15 is 0 Å². The minimum absolute atomic E-state index is 0. The standard InChI is InChI=1S/C8H7BrN2.ClH/c9-7-3-1-2-6(4-7)8(11)5-10;/h1-4,8H,11H2;1H/t8-;/m0./s1. The lowest BCUT2D eigenvalue weighted by atomic mass is 10.1. The van der Waals surface area contributed by atoms with Crippen LogP contribution in [0.1, 0.15) is 11.6 Å². The number of hydrogen-bond donors (Lipinski definition) is 1. The Morgan fingerprint density at radius 3 is 2.67 bits per heavy atom. The van der Waals surface area contributed by atoms with Crippen molar-refractivity contribution < 1.29 is 0 Å². The molecule has 1 atom stereocenters. The summed E-state index contributed by atoms with van der Waals surface area (Å²) in [5, 5.41) is 8.49. The van der Waals surface area contributed by atoms with Gasteiger partial charge in [-0.3, -0.25) is 0 Å². The zero-order valence-corrected chi connectivity index (χ0v) is 8.60. The van der Waals surface area contributed by atoms with Gasteiger partial charge in [0.15, 0.2) is 0 Å². The average Bonchev–Trinajstić information content (AvgIpc) is 2.03. The van der Waals surface area contributed by atoms with E-state index in [0.29, 0.717) is 0 Å². The molecule has 1 aromatic carbocycles. The van der Waals surface area contributed by atoms with Crippen molar-refractivity contribution in [2.24, 2.45) is 5.73 Å². The summed E-state index contributed by atoms with van der Waals surface area (Å²) < 4.78 is 0.945. The molecular formula is C8H8BrClN2. The molecule has 0 aliphatic carbocycles. The molecule has 4 heteroatoms. The Labute approximate surface area is 85.9 Å². The van der Waals surface area contributed by atoms with Gasteiger partial charge in [-0.1, -0.05) is 28.1 Å². The molecule has 1 aromatic rings. The molecule has 64 valence electrons. The van der Waals surface area contributed by atoms with Gasteiger partial charge in [-0.15, -0.1) is 12.4 Å². The van der Waals surface area contributed by atoms with Crippen LogP contribution in [0.4, 0.5) is 0 Å². The minimum Gasteiger partial charge on any atom is -0.312 e. The highest BCUT2D eigenvalue weighted by Gasteiger charge is 2.02. The first-order valence-corrected chi connectivity index (χ1v) is 3.94. The molecule has 12 heavy (non-hydrogen) atoms. The summed E-state index contributed by atoms with van der Waals surface area (Å²) >= 11 is 3.29. The molecule has 2 nitrogen and oxygen atoms in total. The Hall–Kier alpha value is -0.560. The van der Waals surface area contributed by atoms with E-state index in [0.717, 1.165) is 10.0 Å². The summed E-state index contributed by atoms with van der Waals surface area (Å²) in [6.07, 6.45) is 0. The summed E-state index contributed by atoms with van der Waals surface area (Å²) in [6.45, 7) is 0. The van der Waals surface area contributed by atoms with E-state index in [2.05, 4.69) is 15.9 Å². The molecule has 0 bridgehead atoms. The summed E-state index contributed by atoms with van der Waals surface area (Å²) in [5.74, 6) is 0. The van der Waals surface area contributed by atoms with Crippen LogP contribution in [0.3, 0.4) is 0 Å². The zero-order chi connectivity index (χ0) is 8.27. The van der Waals surface area contributed by atoms with Crippen molar-refractivity contribution in [3.63, 3.8) is 0 Å². The number of nitrogens with zero attached hydrogens (tertiary/aromatic N) is 1. The summed E-state index contributed by atoms with van der Waals surface area (Å²) in [4.78, 5) is 0. The number of benzene rings is 1. The van der Waals surface area contributed by atoms with Crippen molar-refractivity contribution in [1.29, 1.82) is 5.26 Å². The lowest BCUT2D eigenvalue weighted by molar-refractivity contribution is 0.925. The molecule has 1 rings (SSSR count). The molecule has 0 aliphatic rings. The average molecular weight is 248 g/mol. The Balaban J connectivity index is 0.00000121. The van der Waals surface area contributed by atoms with E-state index in [4.69, 9.17) is 11.0 Å². The number of rotatable bonds is 1. The van der Waals surface area contributed by atoms with Gasteiger partial charge in [0.05, 0.1) is 6.07 Å².